The van der Waals surface area contributed by atoms with E-state index < -0.39 is 0 Å². The average Bonchev–Trinajstić information content (AvgIpc) is 2.95. The number of amides is 1. The van der Waals surface area contributed by atoms with E-state index in [1.54, 1.807) is 0 Å². The predicted octanol–water partition coefficient (Wildman–Crippen LogP) is 1.35. The van der Waals surface area contributed by atoms with Crippen LogP contribution < -0.4 is 16.0 Å². The van der Waals surface area contributed by atoms with Gasteiger partial charge in [-0.2, -0.15) is 11.8 Å². The lowest BCUT2D eigenvalue weighted by atomic mass is 10.2. The van der Waals surface area contributed by atoms with Gasteiger partial charge in [0.2, 0.25) is 5.91 Å². The Hall–Kier alpha value is -0.910. The van der Waals surface area contributed by atoms with Crippen molar-refractivity contribution < 1.29 is 4.79 Å². The first-order valence-corrected chi connectivity index (χ1v) is 8.71. The van der Waals surface area contributed by atoms with Crippen molar-refractivity contribution in [3.63, 3.8) is 0 Å². The van der Waals surface area contributed by atoms with Crippen molar-refractivity contribution in [3.8, 4) is 0 Å². The van der Waals surface area contributed by atoms with Gasteiger partial charge in [0.25, 0.3) is 0 Å². The molecule has 1 saturated heterocycles. The summed E-state index contributed by atoms with van der Waals surface area (Å²) >= 11 is 2.01. The van der Waals surface area contributed by atoms with Crippen LogP contribution in [0.2, 0.25) is 0 Å². The Morgan fingerprint density at radius 1 is 1.25 bits per heavy atom. The fourth-order valence-electron chi connectivity index (χ4n) is 1.97. The van der Waals surface area contributed by atoms with E-state index >= 15 is 0 Å². The largest absolute Gasteiger partial charge is 0.357 e. The molecule has 1 atom stereocenters. The molecule has 1 heterocycles. The van der Waals surface area contributed by atoms with Crippen molar-refractivity contribution in [2.45, 2.75) is 44.8 Å². The number of hydrogen-bond acceptors (Lipinski definition) is 3. The van der Waals surface area contributed by atoms with Crippen LogP contribution in [0.1, 0.15) is 39.5 Å². The minimum Gasteiger partial charge on any atom is -0.357 e. The van der Waals surface area contributed by atoms with Crippen LogP contribution in [0.5, 0.6) is 0 Å². The highest BCUT2D eigenvalue weighted by atomic mass is 32.2. The first-order chi connectivity index (χ1) is 9.76. The van der Waals surface area contributed by atoms with Crippen molar-refractivity contribution >= 4 is 23.6 Å². The molecule has 6 heteroatoms. The van der Waals surface area contributed by atoms with Crippen molar-refractivity contribution in [1.82, 2.24) is 16.0 Å². The third kappa shape index (κ3) is 7.62. The zero-order valence-corrected chi connectivity index (χ0v) is 13.5. The van der Waals surface area contributed by atoms with Crippen LogP contribution in [0.4, 0.5) is 0 Å². The summed E-state index contributed by atoms with van der Waals surface area (Å²) in [6.07, 6.45) is 4.05. The van der Waals surface area contributed by atoms with E-state index in [-0.39, 0.29) is 5.91 Å². The molecule has 3 N–H and O–H groups in total. The Labute approximate surface area is 126 Å². The Morgan fingerprint density at radius 2 is 2.10 bits per heavy atom. The second kappa shape index (κ2) is 10.8. The standard InChI is InChI=1S/C14H28N4OS/c1-3-8-16-13(19)7-9-17-14(15-4-2)18-11-12-6-5-10-20-12/h12H,3-11H2,1-2H3,(H,16,19)(H2,15,17,18). The number of nitrogens with one attached hydrogen (secondary N) is 3. The quantitative estimate of drug-likeness (QED) is 0.468. The third-order valence-corrected chi connectivity index (χ3v) is 4.42. The summed E-state index contributed by atoms with van der Waals surface area (Å²) in [5.74, 6) is 2.19. The molecular weight excluding hydrogens is 272 g/mol. The molecule has 0 aromatic carbocycles. The summed E-state index contributed by atoms with van der Waals surface area (Å²) in [5.41, 5.74) is 0. The Balaban J connectivity index is 2.23. The number of hydrogen-bond donors (Lipinski definition) is 3. The lowest BCUT2D eigenvalue weighted by molar-refractivity contribution is -0.120. The fourth-order valence-corrected chi connectivity index (χ4v) is 3.15. The first-order valence-electron chi connectivity index (χ1n) is 7.66. The number of carbonyl (C=O) groups is 1. The topological polar surface area (TPSA) is 65.5 Å². The number of guanidine groups is 1. The molecule has 0 aromatic heterocycles. The van der Waals surface area contributed by atoms with Gasteiger partial charge in [0.15, 0.2) is 5.96 Å². The van der Waals surface area contributed by atoms with E-state index in [0.717, 1.165) is 32.0 Å². The van der Waals surface area contributed by atoms with Gasteiger partial charge < -0.3 is 16.0 Å². The molecule has 0 aromatic rings. The smallest absolute Gasteiger partial charge is 0.221 e. The summed E-state index contributed by atoms with van der Waals surface area (Å²) in [6, 6.07) is 0. The minimum absolute atomic E-state index is 0.0987. The molecule has 5 nitrogen and oxygen atoms in total. The van der Waals surface area contributed by atoms with E-state index in [2.05, 4.69) is 34.8 Å². The maximum atomic E-state index is 11.5. The van der Waals surface area contributed by atoms with E-state index in [9.17, 15) is 4.79 Å². The number of nitrogens with zero attached hydrogens (tertiary/aromatic N) is 1. The van der Waals surface area contributed by atoms with Crippen LogP contribution in [-0.2, 0) is 4.79 Å². The van der Waals surface area contributed by atoms with E-state index in [1.807, 2.05) is 11.8 Å². The van der Waals surface area contributed by atoms with E-state index in [0.29, 0.717) is 18.2 Å². The average molecular weight is 300 g/mol. The van der Waals surface area contributed by atoms with Crippen LogP contribution in [-0.4, -0.2) is 49.0 Å². The van der Waals surface area contributed by atoms with Gasteiger partial charge >= 0.3 is 0 Å². The van der Waals surface area contributed by atoms with Crippen LogP contribution in [0, 0.1) is 0 Å². The van der Waals surface area contributed by atoms with Crippen molar-refractivity contribution in [1.29, 1.82) is 0 Å². The highest BCUT2D eigenvalue weighted by Gasteiger charge is 2.14. The van der Waals surface area contributed by atoms with Crippen LogP contribution in [0.25, 0.3) is 0 Å². The van der Waals surface area contributed by atoms with Gasteiger partial charge in [-0.05, 0) is 31.9 Å². The number of rotatable bonds is 8. The molecule has 0 saturated carbocycles. The second-order valence-electron chi connectivity index (χ2n) is 4.88. The Bertz CT molecular complexity index is 304. The molecule has 20 heavy (non-hydrogen) atoms. The molecule has 1 fully saturated rings. The molecule has 0 radical (unpaired) electrons. The molecule has 1 rings (SSSR count). The lowest BCUT2D eigenvalue weighted by Gasteiger charge is -2.12. The summed E-state index contributed by atoms with van der Waals surface area (Å²) in [4.78, 5) is 16.1. The minimum atomic E-state index is 0.0987. The molecule has 1 aliphatic rings. The van der Waals surface area contributed by atoms with E-state index in [4.69, 9.17) is 0 Å². The number of thioether (sulfide) groups is 1. The van der Waals surface area contributed by atoms with Crippen molar-refractivity contribution in [3.05, 3.63) is 0 Å². The van der Waals surface area contributed by atoms with Crippen molar-refractivity contribution in [2.75, 3.05) is 31.9 Å². The van der Waals surface area contributed by atoms with Gasteiger partial charge in [0, 0.05) is 31.3 Å². The first kappa shape index (κ1) is 17.1. The molecule has 116 valence electrons. The normalized spacial score (nSPS) is 18.9. The third-order valence-electron chi connectivity index (χ3n) is 3.04. The second-order valence-corrected chi connectivity index (χ2v) is 6.29. The number of aliphatic imine (C=N–C) groups is 1. The highest BCUT2D eigenvalue weighted by Crippen LogP contribution is 2.25. The summed E-state index contributed by atoms with van der Waals surface area (Å²) in [6.45, 7) is 7.18. The monoisotopic (exact) mass is 300 g/mol. The lowest BCUT2D eigenvalue weighted by Crippen LogP contribution is -2.39. The van der Waals surface area contributed by atoms with Crippen LogP contribution in [0.15, 0.2) is 4.99 Å². The van der Waals surface area contributed by atoms with Crippen LogP contribution >= 0.6 is 11.8 Å². The summed E-state index contributed by atoms with van der Waals surface area (Å²) in [7, 11) is 0. The zero-order chi connectivity index (χ0) is 14.6. The molecule has 1 aliphatic heterocycles. The Morgan fingerprint density at radius 3 is 2.75 bits per heavy atom. The van der Waals surface area contributed by atoms with Gasteiger partial charge in [0.05, 0.1) is 6.54 Å². The molecular formula is C14H28N4OS. The van der Waals surface area contributed by atoms with Gasteiger partial charge in [-0.3, -0.25) is 9.79 Å². The Kier molecular flexibility index (Phi) is 9.28. The zero-order valence-electron chi connectivity index (χ0n) is 12.7. The van der Waals surface area contributed by atoms with Gasteiger partial charge in [-0.15, -0.1) is 0 Å². The maximum Gasteiger partial charge on any atom is 0.221 e. The van der Waals surface area contributed by atoms with E-state index in [1.165, 1.54) is 18.6 Å². The van der Waals surface area contributed by atoms with Gasteiger partial charge in [0.1, 0.15) is 0 Å². The van der Waals surface area contributed by atoms with Crippen LogP contribution in [0.3, 0.4) is 0 Å². The molecule has 1 unspecified atom stereocenters. The fraction of sp³-hybridized carbons (Fsp3) is 0.857. The van der Waals surface area contributed by atoms with Gasteiger partial charge in [-0.25, -0.2) is 0 Å². The molecule has 0 spiro atoms. The molecule has 0 aliphatic carbocycles. The molecule has 0 bridgehead atoms. The SMILES string of the molecule is CCCNC(=O)CCNC(=NCC1CCCS1)NCC. The molecule has 1 amide bonds. The highest BCUT2D eigenvalue weighted by molar-refractivity contribution is 8.00. The number of carbonyl (C=O) groups excluding carboxylic acids is 1. The summed E-state index contributed by atoms with van der Waals surface area (Å²) in [5, 5.41) is 9.98. The van der Waals surface area contributed by atoms with Crippen molar-refractivity contribution in [2.24, 2.45) is 4.99 Å². The predicted molar refractivity (Wildman–Crippen MR) is 87.4 cm³/mol. The summed E-state index contributed by atoms with van der Waals surface area (Å²) < 4.78 is 0. The maximum absolute atomic E-state index is 11.5. The van der Waals surface area contributed by atoms with Gasteiger partial charge in [-0.1, -0.05) is 6.92 Å².